The van der Waals surface area contributed by atoms with Crippen LogP contribution in [0, 0.1) is 0 Å². The van der Waals surface area contributed by atoms with Crippen LogP contribution in [0.15, 0.2) is 66.7 Å². The number of aliphatic hydroxyl groups excluding tert-OH is 1. The number of rotatable bonds is 15. The van der Waals surface area contributed by atoms with Gasteiger partial charge in [-0.3, -0.25) is 4.79 Å². The van der Waals surface area contributed by atoms with Gasteiger partial charge in [0.2, 0.25) is 5.91 Å². The van der Waals surface area contributed by atoms with Gasteiger partial charge in [0.05, 0.1) is 39.5 Å². The summed E-state index contributed by atoms with van der Waals surface area (Å²) in [6.45, 7) is 4.94. The van der Waals surface area contributed by atoms with Gasteiger partial charge < -0.3 is 39.2 Å². The highest BCUT2D eigenvalue weighted by atomic mass is 16.5. The number of anilines is 2. The maximum atomic E-state index is 13.0. The van der Waals surface area contributed by atoms with Crippen molar-refractivity contribution in [3.05, 3.63) is 77.9 Å². The van der Waals surface area contributed by atoms with Crippen molar-refractivity contribution in [3.63, 3.8) is 0 Å². The van der Waals surface area contributed by atoms with E-state index in [2.05, 4.69) is 22.3 Å². The predicted molar refractivity (Wildman–Crippen MR) is 168 cm³/mol. The number of para-hydroxylation sites is 1. The Labute approximate surface area is 254 Å². The van der Waals surface area contributed by atoms with Gasteiger partial charge in [-0.25, -0.2) is 0 Å². The van der Waals surface area contributed by atoms with Crippen LogP contribution in [0.3, 0.4) is 0 Å². The average molecular weight is 590 g/mol. The number of fused-ring (bicyclic) bond motifs is 1. The minimum atomic E-state index is -0.144. The third-order valence-electron chi connectivity index (χ3n) is 7.86. The fourth-order valence-corrected chi connectivity index (χ4v) is 5.68. The van der Waals surface area contributed by atoms with E-state index in [-0.39, 0.29) is 18.6 Å². The van der Waals surface area contributed by atoms with Crippen LogP contribution in [0.25, 0.3) is 0 Å². The molecule has 0 spiro atoms. The van der Waals surface area contributed by atoms with Gasteiger partial charge in [0, 0.05) is 55.7 Å². The molecule has 0 unspecified atom stereocenters. The van der Waals surface area contributed by atoms with E-state index in [9.17, 15) is 9.90 Å². The van der Waals surface area contributed by atoms with Crippen LogP contribution in [0.1, 0.15) is 30.4 Å². The molecule has 2 aliphatic rings. The van der Waals surface area contributed by atoms with Gasteiger partial charge in [-0.15, -0.1) is 0 Å². The molecule has 43 heavy (non-hydrogen) atoms. The minimum absolute atomic E-state index is 0.0151. The number of hydrogen-bond donors (Lipinski definition) is 2. The summed E-state index contributed by atoms with van der Waals surface area (Å²) >= 11 is 0. The summed E-state index contributed by atoms with van der Waals surface area (Å²) in [6, 6.07) is 21.6. The first-order chi connectivity index (χ1) is 21.2. The number of aliphatic hydroxyl groups is 1. The molecule has 2 aliphatic heterocycles. The van der Waals surface area contributed by atoms with Gasteiger partial charge >= 0.3 is 0 Å². The number of nitrogens with one attached hydrogen (secondary N) is 1. The minimum Gasteiger partial charge on any atom is -0.496 e. The van der Waals surface area contributed by atoms with E-state index in [1.165, 1.54) is 11.3 Å². The Morgan fingerprint density at radius 2 is 1.81 bits per heavy atom. The first-order valence-corrected chi connectivity index (χ1v) is 15.2. The lowest BCUT2D eigenvalue weighted by Gasteiger charge is -2.36. The number of carbonyl (C=O) groups is 1. The van der Waals surface area contributed by atoms with Crippen LogP contribution in [0.5, 0.6) is 17.2 Å². The van der Waals surface area contributed by atoms with Gasteiger partial charge in [0.25, 0.3) is 0 Å². The molecule has 0 bridgehead atoms. The molecule has 1 fully saturated rings. The smallest absolute Gasteiger partial charge is 0.241 e. The predicted octanol–water partition coefficient (Wildman–Crippen LogP) is 4.20. The fourth-order valence-electron chi connectivity index (χ4n) is 5.68. The zero-order valence-electron chi connectivity index (χ0n) is 25.0. The van der Waals surface area contributed by atoms with Gasteiger partial charge in [-0.2, -0.15) is 0 Å². The summed E-state index contributed by atoms with van der Waals surface area (Å²) in [5.74, 6) is 2.39. The molecule has 3 aromatic carbocycles. The van der Waals surface area contributed by atoms with Crippen LogP contribution >= 0.6 is 0 Å². The largest absolute Gasteiger partial charge is 0.496 e. The van der Waals surface area contributed by atoms with E-state index in [0.717, 1.165) is 67.3 Å². The Kier molecular flexibility index (Phi) is 11.1. The van der Waals surface area contributed by atoms with Crippen molar-refractivity contribution in [1.82, 2.24) is 5.32 Å². The lowest BCUT2D eigenvalue weighted by Crippen LogP contribution is -2.57. The number of carbonyl (C=O) groups excluding carboxylic acids is 1. The summed E-state index contributed by atoms with van der Waals surface area (Å²) in [6.07, 6.45) is 3.68. The second kappa shape index (κ2) is 15.6. The standard InChI is InChI=1S/C34H43N3O6/c1-40-33-9-3-2-7-27(33)24-41-19-6-20-42-30-14-11-28(12-15-30)37-29(22-35-23-34(37)39)25-43-31-13-10-26-8-4-16-36(17-5-18-38)32(26)21-31/h2-3,7,9-15,21,29,35,38H,4-6,8,16-20,22-25H2,1H3/t29-/m1/s1. The second-order valence-electron chi connectivity index (χ2n) is 10.9. The highest BCUT2D eigenvalue weighted by Crippen LogP contribution is 2.32. The molecular weight excluding hydrogens is 546 g/mol. The number of piperazine rings is 1. The zero-order chi connectivity index (χ0) is 29.9. The molecular formula is C34H43N3O6. The maximum absolute atomic E-state index is 13.0. The number of benzene rings is 3. The number of ether oxygens (including phenoxy) is 4. The van der Waals surface area contributed by atoms with Gasteiger partial charge in [0.15, 0.2) is 0 Å². The van der Waals surface area contributed by atoms with Crippen molar-refractivity contribution in [2.24, 2.45) is 0 Å². The summed E-state index contributed by atoms with van der Waals surface area (Å²) in [5, 5.41) is 12.5. The van der Waals surface area contributed by atoms with E-state index >= 15 is 0 Å². The Morgan fingerprint density at radius 1 is 0.977 bits per heavy atom. The Balaban J connectivity index is 1.11. The van der Waals surface area contributed by atoms with Gasteiger partial charge in [-0.1, -0.05) is 24.3 Å². The van der Waals surface area contributed by atoms with Crippen molar-refractivity contribution in [1.29, 1.82) is 0 Å². The van der Waals surface area contributed by atoms with Gasteiger partial charge in [0.1, 0.15) is 23.9 Å². The SMILES string of the molecule is COc1ccccc1COCCCOc1ccc(N2C(=O)CNC[C@@H]2COc2ccc3c(c2)N(CCCO)CCC3)cc1. The summed E-state index contributed by atoms with van der Waals surface area (Å²) in [7, 11) is 1.66. The molecule has 9 heteroatoms. The molecule has 5 rings (SSSR count). The van der Waals surface area contributed by atoms with Crippen LogP contribution < -0.4 is 29.3 Å². The van der Waals surface area contributed by atoms with Crippen molar-refractivity contribution in [3.8, 4) is 17.2 Å². The highest BCUT2D eigenvalue weighted by molar-refractivity contribution is 5.96. The third-order valence-corrected chi connectivity index (χ3v) is 7.86. The van der Waals surface area contributed by atoms with Crippen molar-refractivity contribution in [2.45, 2.75) is 38.3 Å². The van der Waals surface area contributed by atoms with Crippen LogP contribution in [0.4, 0.5) is 11.4 Å². The monoisotopic (exact) mass is 589 g/mol. The molecule has 2 heterocycles. The summed E-state index contributed by atoms with van der Waals surface area (Å²) < 4.78 is 23.3. The topological polar surface area (TPSA) is 92.7 Å². The number of methoxy groups -OCH3 is 1. The Morgan fingerprint density at radius 3 is 2.65 bits per heavy atom. The maximum Gasteiger partial charge on any atom is 0.241 e. The molecule has 0 radical (unpaired) electrons. The molecule has 0 aliphatic carbocycles. The van der Waals surface area contributed by atoms with Crippen molar-refractivity contribution < 1.29 is 28.8 Å². The Bertz CT molecular complexity index is 1320. The van der Waals surface area contributed by atoms with Crippen LogP contribution in [-0.4, -0.2) is 76.8 Å². The van der Waals surface area contributed by atoms with E-state index in [1.807, 2.05) is 59.5 Å². The third kappa shape index (κ3) is 8.19. The van der Waals surface area contributed by atoms with Crippen LogP contribution in [0.2, 0.25) is 0 Å². The lowest BCUT2D eigenvalue weighted by atomic mass is 10.0. The molecule has 0 saturated carbocycles. The quantitative estimate of drug-likeness (QED) is 0.255. The van der Waals surface area contributed by atoms with E-state index in [0.29, 0.717) is 39.5 Å². The molecule has 1 atom stereocenters. The van der Waals surface area contributed by atoms with Crippen molar-refractivity contribution in [2.75, 3.05) is 69.5 Å². The number of amides is 1. The number of nitrogens with zero attached hydrogens (tertiary/aromatic N) is 2. The van der Waals surface area contributed by atoms with Gasteiger partial charge in [-0.05, 0) is 61.2 Å². The number of hydrogen-bond acceptors (Lipinski definition) is 8. The van der Waals surface area contributed by atoms with E-state index in [1.54, 1.807) is 7.11 Å². The number of aryl methyl sites for hydroxylation is 1. The summed E-state index contributed by atoms with van der Waals surface area (Å²) in [5.41, 5.74) is 4.35. The van der Waals surface area contributed by atoms with E-state index < -0.39 is 0 Å². The fraction of sp³-hybridized carbons (Fsp3) is 0.441. The molecule has 3 aromatic rings. The molecule has 9 nitrogen and oxygen atoms in total. The average Bonchev–Trinajstić information content (AvgIpc) is 3.05. The van der Waals surface area contributed by atoms with Crippen LogP contribution in [-0.2, 0) is 22.6 Å². The zero-order valence-corrected chi connectivity index (χ0v) is 25.0. The van der Waals surface area contributed by atoms with E-state index in [4.69, 9.17) is 18.9 Å². The molecule has 1 amide bonds. The summed E-state index contributed by atoms with van der Waals surface area (Å²) in [4.78, 5) is 17.1. The molecule has 0 aromatic heterocycles. The highest BCUT2D eigenvalue weighted by Gasteiger charge is 2.30. The van der Waals surface area contributed by atoms with Crippen molar-refractivity contribution >= 4 is 17.3 Å². The first-order valence-electron chi connectivity index (χ1n) is 15.2. The molecule has 230 valence electrons. The first kappa shape index (κ1) is 30.7. The second-order valence-corrected chi connectivity index (χ2v) is 10.9. The molecule has 1 saturated heterocycles. The Hall–Kier alpha value is -3.79. The normalized spacial score (nSPS) is 16.6. The molecule has 2 N–H and O–H groups in total. The lowest BCUT2D eigenvalue weighted by molar-refractivity contribution is -0.119.